The van der Waals surface area contributed by atoms with Crippen LogP contribution in [0.25, 0.3) is 10.4 Å². The van der Waals surface area contributed by atoms with E-state index in [0.29, 0.717) is 5.92 Å². The molecule has 5 rings (SSSR count). The number of benzene rings is 1. The Kier molecular flexibility index (Phi) is 10.6. The number of hydrogen-bond acceptors (Lipinski definition) is 8. The van der Waals surface area contributed by atoms with E-state index >= 15 is 0 Å². The molecule has 2 aromatic rings. The highest BCUT2D eigenvalue weighted by Gasteiger charge is 2.45. The summed E-state index contributed by atoms with van der Waals surface area (Å²) >= 11 is 1.59. The van der Waals surface area contributed by atoms with Gasteiger partial charge in [0.1, 0.15) is 12.1 Å². The van der Waals surface area contributed by atoms with Crippen LogP contribution in [-0.4, -0.2) is 95.1 Å². The average Bonchev–Trinajstić information content (AvgIpc) is 3.59. The van der Waals surface area contributed by atoms with Gasteiger partial charge in [-0.15, -0.1) is 11.3 Å². The van der Waals surface area contributed by atoms with Gasteiger partial charge in [0.15, 0.2) is 0 Å². The first-order valence-corrected chi connectivity index (χ1v) is 17.3. The van der Waals surface area contributed by atoms with Crippen LogP contribution in [0.3, 0.4) is 0 Å². The number of aliphatic hydroxyl groups excluding tert-OH is 1. The number of nitrogens with one attached hydrogen (secondary N) is 3. The highest BCUT2D eigenvalue weighted by molar-refractivity contribution is 7.13. The molecular formula is C34H50N6O4S. The molecule has 1 aromatic carbocycles. The second kappa shape index (κ2) is 14.3. The number of amides is 3. The van der Waals surface area contributed by atoms with Crippen LogP contribution in [0.2, 0.25) is 0 Å². The van der Waals surface area contributed by atoms with Gasteiger partial charge in [-0.3, -0.25) is 19.3 Å². The standard InChI is InChI=1S/C34H50N6O4S/c1-21(25-6-8-26(9-7-25)30-22(2)36-20-45-30)37-32(43)28-15-27(41)18-40(28)33(44)31(34(3,4)5)38-29(42)19-39-16-24(17-39)14-23-10-12-35-13-11-23/h6-9,20-21,23-24,27-28,31,35,41H,10-19H2,1-5H3,(H,37,43)(H,38,42)/t21?,27-,28+,31?/m1/s1. The van der Waals surface area contributed by atoms with Gasteiger partial charge in [0.25, 0.3) is 0 Å². The Labute approximate surface area is 271 Å². The van der Waals surface area contributed by atoms with E-state index in [1.54, 1.807) is 11.3 Å². The van der Waals surface area contributed by atoms with Crippen LogP contribution < -0.4 is 16.0 Å². The van der Waals surface area contributed by atoms with Gasteiger partial charge in [0.05, 0.1) is 34.8 Å². The molecule has 0 bridgehead atoms. The third kappa shape index (κ3) is 8.30. The number of hydrogen-bond donors (Lipinski definition) is 4. The maximum atomic E-state index is 14.0. The second-order valence-corrected chi connectivity index (χ2v) is 15.2. The molecule has 3 amide bonds. The lowest BCUT2D eigenvalue weighted by molar-refractivity contribution is -0.144. The zero-order chi connectivity index (χ0) is 32.3. The topological polar surface area (TPSA) is 127 Å². The Morgan fingerprint density at radius 3 is 2.38 bits per heavy atom. The Bertz CT molecular complexity index is 1330. The minimum Gasteiger partial charge on any atom is -0.391 e. The molecule has 246 valence electrons. The third-order valence-corrected chi connectivity index (χ3v) is 10.6. The number of thiazole rings is 1. The van der Waals surface area contributed by atoms with Crippen molar-refractivity contribution in [1.29, 1.82) is 0 Å². The number of rotatable bonds is 10. The van der Waals surface area contributed by atoms with Crippen molar-refractivity contribution in [2.75, 3.05) is 39.3 Å². The van der Waals surface area contributed by atoms with Crippen molar-refractivity contribution in [2.45, 2.75) is 84.5 Å². The summed E-state index contributed by atoms with van der Waals surface area (Å²) in [5.74, 6) is 0.577. The van der Waals surface area contributed by atoms with Gasteiger partial charge in [-0.1, -0.05) is 45.0 Å². The van der Waals surface area contributed by atoms with Crippen LogP contribution >= 0.6 is 11.3 Å². The van der Waals surface area contributed by atoms with Gasteiger partial charge in [-0.25, -0.2) is 4.98 Å². The Morgan fingerprint density at radius 1 is 1.07 bits per heavy atom. The monoisotopic (exact) mass is 638 g/mol. The van der Waals surface area contributed by atoms with Gasteiger partial charge >= 0.3 is 0 Å². The summed E-state index contributed by atoms with van der Waals surface area (Å²) in [5.41, 5.74) is 4.25. The Balaban J connectivity index is 1.16. The quantitative estimate of drug-likeness (QED) is 0.315. The van der Waals surface area contributed by atoms with Crippen molar-refractivity contribution in [1.82, 2.24) is 30.7 Å². The summed E-state index contributed by atoms with van der Waals surface area (Å²) in [6.07, 6.45) is 3.04. The second-order valence-electron chi connectivity index (χ2n) is 14.4. The normalized spacial score (nSPS) is 22.9. The van der Waals surface area contributed by atoms with Crippen molar-refractivity contribution in [3.05, 3.63) is 41.0 Å². The van der Waals surface area contributed by atoms with Crippen molar-refractivity contribution < 1.29 is 19.5 Å². The summed E-state index contributed by atoms with van der Waals surface area (Å²) in [7, 11) is 0. The first kappa shape index (κ1) is 33.5. The number of piperidine rings is 1. The fourth-order valence-electron chi connectivity index (χ4n) is 6.97. The minimum atomic E-state index is -0.822. The predicted molar refractivity (Wildman–Crippen MR) is 176 cm³/mol. The predicted octanol–water partition coefficient (Wildman–Crippen LogP) is 3.11. The minimum absolute atomic E-state index is 0.0567. The molecule has 0 aliphatic carbocycles. The first-order valence-electron chi connectivity index (χ1n) is 16.4. The van der Waals surface area contributed by atoms with Crippen molar-refractivity contribution in [3.8, 4) is 10.4 Å². The van der Waals surface area contributed by atoms with Crippen LogP contribution in [0.1, 0.15) is 70.7 Å². The molecule has 4 atom stereocenters. The fraction of sp³-hybridized carbons (Fsp3) is 0.647. The molecule has 0 spiro atoms. The molecule has 3 aliphatic rings. The van der Waals surface area contributed by atoms with Crippen molar-refractivity contribution >= 4 is 29.1 Å². The molecule has 11 heteroatoms. The smallest absolute Gasteiger partial charge is 0.246 e. The number of aliphatic hydroxyl groups is 1. The molecular weight excluding hydrogens is 588 g/mol. The average molecular weight is 639 g/mol. The lowest BCUT2D eigenvalue weighted by atomic mass is 9.84. The number of likely N-dealkylation sites (tertiary alicyclic amines) is 2. The van der Waals surface area contributed by atoms with Crippen LogP contribution in [0, 0.1) is 24.2 Å². The first-order chi connectivity index (χ1) is 21.4. The number of aryl methyl sites for hydroxylation is 1. The summed E-state index contributed by atoms with van der Waals surface area (Å²) in [6, 6.07) is 6.10. The number of carbonyl (C=O) groups is 3. The zero-order valence-corrected chi connectivity index (χ0v) is 28.2. The number of aromatic nitrogens is 1. The lowest BCUT2D eigenvalue weighted by Crippen LogP contribution is -2.60. The van der Waals surface area contributed by atoms with Crippen molar-refractivity contribution in [3.63, 3.8) is 0 Å². The van der Waals surface area contributed by atoms with E-state index in [1.807, 2.05) is 64.4 Å². The van der Waals surface area contributed by atoms with E-state index in [0.717, 1.165) is 53.8 Å². The van der Waals surface area contributed by atoms with Crippen LogP contribution in [-0.2, 0) is 14.4 Å². The summed E-state index contributed by atoms with van der Waals surface area (Å²) in [5, 5.41) is 20.0. The van der Waals surface area contributed by atoms with E-state index in [1.165, 1.54) is 24.2 Å². The van der Waals surface area contributed by atoms with E-state index in [9.17, 15) is 19.5 Å². The third-order valence-electron chi connectivity index (χ3n) is 9.59. The van der Waals surface area contributed by atoms with Gasteiger partial charge in [0, 0.05) is 26.1 Å². The fourth-order valence-corrected chi connectivity index (χ4v) is 7.78. The molecule has 0 saturated carbocycles. The van der Waals surface area contributed by atoms with Gasteiger partial charge in [-0.05, 0) is 74.6 Å². The van der Waals surface area contributed by atoms with E-state index in [2.05, 4.69) is 25.8 Å². The molecule has 4 N–H and O–H groups in total. The molecule has 45 heavy (non-hydrogen) atoms. The molecule has 3 saturated heterocycles. The SMILES string of the molecule is Cc1ncsc1-c1ccc(C(C)NC(=O)[C@@H]2C[C@@H](O)CN2C(=O)C(NC(=O)CN2CC(CC3CCNCC3)C2)C(C)(C)C)cc1. The highest BCUT2D eigenvalue weighted by atomic mass is 32.1. The van der Waals surface area contributed by atoms with Crippen LogP contribution in [0.15, 0.2) is 29.8 Å². The van der Waals surface area contributed by atoms with E-state index in [-0.39, 0.29) is 43.3 Å². The van der Waals surface area contributed by atoms with Crippen molar-refractivity contribution in [2.24, 2.45) is 17.3 Å². The van der Waals surface area contributed by atoms with Gasteiger partial charge in [-0.2, -0.15) is 0 Å². The van der Waals surface area contributed by atoms with Gasteiger partial charge < -0.3 is 26.0 Å². The molecule has 10 nitrogen and oxygen atoms in total. The summed E-state index contributed by atoms with van der Waals surface area (Å²) in [6.45, 7) is 14.0. The van der Waals surface area contributed by atoms with E-state index in [4.69, 9.17) is 0 Å². The Morgan fingerprint density at radius 2 is 1.76 bits per heavy atom. The number of nitrogens with zero attached hydrogens (tertiary/aromatic N) is 3. The summed E-state index contributed by atoms with van der Waals surface area (Å²) < 4.78 is 0. The largest absolute Gasteiger partial charge is 0.391 e. The molecule has 3 aliphatic heterocycles. The van der Waals surface area contributed by atoms with Gasteiger partial charge in [0.2, 0.25) is 17.7 Å². The zero-order valence-electron chi connectivity index (χ0n) is 27.3. The summed E-state index contributed by atoms with van der Waals surface area (Å²) in [4.78, 5) is 49.7. The Hall–Kier alpha value is -2.86. The molecule has 3 fully saturated rings. The van der Waals surface area contributed by atoms with E-state index < -0.39 is 23.6 Å². The molecule has 1 aromatic heterocycles. The van der Waals surface area contributed by atoms with Crippen LogP contribution in [0.5, 0.6) is 0 Å². The number of β-amino-alcohol motifs (C(OH)–C–C–N with tert-alkyl or cyclic N) is 1. The van der Waals surface area contributed by atoms with Crippen LogP contribution in [0.4, 0.5) is 0 Å². The molecule has 0 radical (unpaired) electrons. The molecule has 4 heterocycles. The maximum absolute atomic E-state index is 14.0. The number of carbonyl (C=O) groups excluding carboxylic acids is 3. The molecule has 2 unspecified atom stereocenters. The highest BCUT2D eigenvalue weighted by Crippen LogP contribution is 2.30. The maximum Gasteiger partial charge on any atom is 0.246 e. The lowest BCUT2D eigenvalue weighted by Gasteiger charge is -2.41.